The zero-order chi connectivity index (χ0) is 14.3. The summed E-state index contributed by atoms with van der Waals surface area (Å²) in [5, 5.41) is 12.8. The van der Waals surface area contributed by atoms with Crippen molar-refractivity contribution in [1.82, 2.24) is 10.4 Å². The number of non-ortho nitro benzene ring substituents is 1. The number of nitrogens with zero attached hydrogens (tertiary/aromatic N) is 2. The van der Waals surface area contributed by atoms with Gasteiger partial charge in [-0.3, -0.25) is 15.5 Å². The SMILES string of the molecule is CCN(CC)NCCOc1cc([N+](=O)[O-])ccc1C. The Hall–Kier alpha value is -1.66. The number of ether oxygens (including phenoxy) is 1. The molecule has 0 radical (unpaired) electrons. The van der Waals surface area contributed by atoms with Crippen molar-refractivity contribution in [3.63, 3.8) is 0 Å². The average molecular weight is 267 g/mol. The van der Waals surface area contributed by atoms with E-state index in [0.29, 0.717) is 18.9 Å². The van der Waals surface area contributed by atoms with Crippen LogP contribution in [0.3, 0.4) is 0 Å². The first kappa shape index (κ1) is 15.4. The van der Waals surface area contributed by atoms with E-state index in [4.69, 9.17) is 4.74 Å². The molecule has 6 heteroatoms. The van der Waals surface area contributed by atoms with E-state index in [9.17, 15) is 10.1 Å². The van der Waals surface area contributed by atoms with Crippen LogP contribution in [0.5, 0.6) is 5.75 Å². The lowest BCUT2D eigenvalue weighted by molar-refractivity contribution is -0.384. The molecule has 0 saturated carbocycles. The predicted molar refractivity (Wildman–Crippen MR) is 74.3 cm³/mol. The largest absolute Gasteiger partial charge is 0.492 e. The van der Waals surface area contributed by atoms with Crippen molar-refractivity contribution >= 4 is 5.69 Å². The van der Waals surface area contributed by atoms with Gasteiger partial charge in [0, 0.05) is 25.7 Å². The van der Waals surface area contributed by atoms with E-state index in [1.165, 1.54) is 12.1 Å². The number of benzene rings is 1. The fourth-order valence-corrected chi connectivity index (χ4v) is 1.67. The van der Waals surface area contributed by atoms with Gasteiger partial charge in [0.15, 0.2) is 0 Å². The maximum Gasteiger partial charge on any atom is 0.273 e. The van der Waals surface area contributed by atoms with Crippen molar-refractivity contribution < 1.29 is 9.66 Å². The second-order valence-electron chi connectivity index (χ2n) is 4.14. The maximum atomic E-state index is 10.7. The molecule has 1 rings (SSSR count). The van der Waals surface area contributed by atoms with Gasteiger partial charge in [-0.05, 0) is 18.6 Å². The minimum atomic E-state index is -0.416. The van der Waals surface area contributed by atoms with Gasteiger partial charge in [0.25, 0.3) is 5.69 Å². The Bertz CT molecular complexity index is 420. The summed E-state index contributed by atoms with van der Waals surface area (Å²) >= 11 is 0. The molecule has 0 atom stereocenters. The molecular weight excluding hydrogens is 246 g/mol. The molecule has 0 heterocycles. The molecule has 0 aliphatic carbocycles. The van der Waals surface area contributed by atoms with Gasteiger partial charge in [0.05, 0.1) is 11.0 Å². The van der Waals surface area contributed by atoms with E-state index in [0.717, 1.165) is 18.7 Å². The number of rotatable bonds is 8. The Morgan fingerprint density at radius 2 is 2.05 bits per heavy atom. The molecule has 1 N–H and O–H groups in total. The topological polar surface area (TPSA) is 67.6 Å². The molecule has 1 aromatic carbocycles. The van der Waals surface area contributed by atoms with E-state index in [1.807, 2.05) is 6.92 Å². The van der Waals surface area contributed by atoms with E-state index in [1.54, 1.807) is 6.07 Å². The molecule has 19 heavy (non-hydrogen) atoms. The van der Waals surface area contributed by atoms with Crippen LogP contribution in [0.15, 0.2) is 18.2 Å². The van der Waals surface area contributed by atoms with E-state index in [-0.39, 0.29) is 5.69 Å². The van der Waals surface area contributed by atoms with Crippen LogP contribution in [0.1, 0.15) is 19.4 Å². The van der Waals surface area contributed by atoms with Gasteiger partial charge >= 0.3 is 0 Å². The van der Waals surface area contributed by atoms with Crippen molar-refractivity contribution in [2.45, 2.75) is 20.8 Å². The van der Waals surface area contributed by atoms with Crippen LogP contribution in [0.4, 0.5) is 5.69 Å². The second kappa shape index (κ2) is 7.70. The molecule has 1 aromatic rings. The highest BCUT2D eigenvalue weighted by molar-refractivity contribution is 5.43. The lowest BCUT2D eigenvalue weighted by atomic mass is 10.2. The second-order valence-corrected chi connectivity index (χ2v) is 4.14. The number of nitrogens with one attached hydrogen (secondary N) is 1. The molecule has 0 fully saturated rings. The van der Waals surface area contributed by atoms with Gasteiger partial charge < -0.3 is 4.74 Å². The Morgan fingerprint density at radius 3 is 2.63 bits per heavy atom. The minimum Gasteiger partial charge on any atom is -0.492 e. The third-order valence-electron chi connectivity index (χ3n) is 2.84. The number of aryl methyl sites for hydroxylation is 1. The molecule has 0 aliphatic heterocycles. The quantitative estimate of drug-likeness (QED) is 0.444. The Kier molecular flexibility index (Phi) is 6.24. The summed E-state index contributed by atoms with van der Waals surface area (Å²) in [5.74, 6) is 0.565. The van der Waals surface area contributed by atoms with Gasteiger partial charge in [0.1, 0.15) is 12.4 Å². The van der Waals surface area contributed by atoms with Crippen LogP contribution in [-0.4, -0.2) is 36.2 Å². The van der Waals surface area contributed by atoms with Gasteiger partial charge in [-0.25, -0.2) is 5.01 Å². The normalized spacial score (nSPS) is 10.7. The van der Waals surface area contributed by atoms with Crippen molar-refractivity contribution in [3.05, 3.63) is 33.9 Å². The van der Waals surface area contributed by atoms with Crippen LogP contribution in [0, 0.1) is 17.0 Å². The van der Waals surface area contributed by atoms with Crippen molar-refractivity contribution in [2.24, 2.45) is 0 Å². The van der Waals surface area contributed by atoms with Crippen molar-refractivity contribution in [2.75, 3.05) is 26.2 Å². The van der Waals surface area contributed by atoms with Gasteiger partial charge in [0.2, 0.25) is 0 Å². The number of hydrazine groups is 1. The Morgan fingerprint density at radius 1 is 1.37 bits per heavy atom. The number of hydrogen-bond acceptors (Lipinski definition) is 5. The first-order valence-electron chi connectivity index (χ1n) is 6.44. The summed E-state index contributed by atoms with van der Waals surface area (Å²) in [6, 6.07) is 4.65. The summed E-state index contributed by atoms with van der Waals surface area (Å²) in [5.41, 5.74) is 4.17. The molecule has 0 spiro atoms. The fourth-order valence-electron chi connectivity index (χ4n) is 1.67. The highest BCUT2D eigenvalue weighted by Crippen LogP contribution is 2.23. The van der Waals surface area contributed by atoms with Crippen LogP contribution in [-0.2, 0) is 0 Å². The zero-order valence-electron chi connectivity index (χ0n) is 11.7. The molecule has 0 saturated heterocycles. The predicted octanol–water partition coefficient (Wildman–Crippen LogP) is 2.13. The first-order valence-corrected chi connectivity index (χ1v) is 6.44. The zero-order valence-corrected chi connectivity index (χ0v) is 11.7. The third kappa shape index (κ3) is 4.84. The molecule has 6 nitrogen and oxygen atoms in total. The number of hydrogen-bond donors (Lipinski definition) is 1. The first-order chi connectivity index (χ1) is 9.08. The lowest BCUT2D eigenvalue weighted by Gasteiger charge is -2.19. The molecule has 0 aromatic heterocycles. The average Bonchev–Trinajstić information content (AvgIpc) is 2.40. The van der Waals surface area contributed by atoms with Crippen LogP contribution >= 0.6 is 0 Å². The molecule has 0 aliphatic rings. The van der Waals surface area contributed by atoms with Gasteiger partial charge in [-0.15, -0.1) is 0 Å². The van der Waals surface area contributed by atoms with E-state index < -0.39 is 4.92 Å². The van der Waals surface area contributed by atoms with Crippen LogP contribution < -0.4 is 10.2 Å². The Balaban J connectivity index is 2.48. The molecule has 106 valence electrons. The third-order valence-corrected chi connectivity index (χ3v) is 2.84. The Labute approximate surface area is 113 Å². The van der Waals surface area contributed by atoms with Gasteiger partial charge in [-0.2, -0.15) is 0 Å². The summed E-state index contributed by atoms with van der Waals surface area (Å²) in [4.78, 5) is 10.3. The summed E-state index contributed by atoms with van der Waals surface area (Å²) in [6.07, 6.45) is 0. The molecule has 0 unspecified atom stereocenters. The van der Waals surface area contributed by atoms with E-state index in [2.05, 4.69) is 24.3 Å². The highest BCUT2D eigenvalue weighted by Gasteiger charge is 2.09. The van der Waals surface area contributed by atoms with Crippen molar-refractivity contribution in [1.29, 1.82) is 0 Å². The van der Waals surface area contributed by atoms with Crippen molar-refractivity contribution in [3.8, 4) is 5.75 Å². The summed E-state index contributed by atoms with van der Waals surface area (Å²) < 4.78 is 5.57. The fraction of sp³-hybridized carbons (Fsp3) is 0.538. The van der Waals surface area contributed by atoms with Gasteiger partial charge in [-0.1, -0.05) is 13.8 Å². The lowest BCUT2D eigenvalue weighted by Crippen LogP contribution is -2.39. The monoisotopic (exact) mass is 267 g/mol. The standard InChI is InChI=1S/C13H21N3O3/c1-4-15(5-2)14-8-9-19-13-10-12(16(17)18)7-6-11(13)3/h6-7,10,14H,4-5,8-9H2,1-3H3. The number of nitro benzene ring substituents is 1. The molecular formula is C13H21N3O3. The summed E-state index contributed by atoms with van der Waals surface area (Å²) in [6.45, 7) is 9.00. The molecule has 0 amide bonds. The minimum absolute atomic E-state index is 0.0531. The summed E-state index contributed by atoms with van der Waals surface area (Å²) in [7, 11) is 0. The number of nitro groups is 1. The maximum absolute atomic E-state index is 10.7. The molecule has 0 bridgehead atoms. The smallest absolute Gasteiger partial charge is 0.273 e. The highest BCUT2D eigenvalue weighted by atomic mass is 16.6. The van der Waals surface area contributed by atoms with Crippen LogP contribution in [0.25, 0.3) is 0 Å². The van der Waals surface area contributed by atoms with Crippen LogP contribution in [0.2, 0.25) is 0 Å². The van der Waals surface area contributed by atoms with E-state index >= 15 is 0 Å².